The molecule has 1 aromatic heterocycles. The van der Waals surface area contributed by atoms with E-state index in [0.717, 1.165) is 0 Å². The molecule has 20 heavy (non-hydrogen) atoms. The van der Waals surface area contributed by atoms with E-state index in [4.69, 9.17) is 4.74 Å². The Bertz CT molecular complexity index is 721. The second kappa shape index (κ2) is 4.89. The normalized spacial score (nSPS) is 15.5. The van der Waals surface area contributed by atoms with Crippen molar-refractivity contribution in [2.45, 2.75) is 0 Å². The molecule has 0 aliphatic carbocycles. The van der Waals surface area contributed by atoms with Crippen LogP contribution in [0.2, 0.25) is 0 Å². The standard InChI is InChI=1S/C12H12N4O4/c17-12-8-5-11(16(18)19)10(6-9(8)13-7-14-12)15-1-3-20-4-2-15/h5-7H,1-4H2,(H,13,14,17). The first-order valence-electron chi connectivity index (χ1n) is 6.15. The molecule has 0 saturated carbocycles. The predicted molar refractivity (Wildman–Crippen MR) is 72.1 cm³/mol. The number of ether oxygens (including phenoxy) is 1. The molecule has 0 bridgehead atoms. The second-order valence-electron chi connectivity index (χ2n) is 4.45. The largest absolute Gasteiger partial charge is 0.378 e. The minimum absolute atomic E-state index is 0.0853. The molecule has 8 nitrogen and oxygen atoms in total. The molecule has 0 atom stereocenters. The van der Waals surface area contributed by atoms with Gasteiger partial charge in [0.25, 0.3) is 11.2 Å². The molecule has 104 valence electrons. The van der Waals surface area contributed by atoms with E-state index in [-0.39, 0.29) is 16.6 Å². The first kappa shape index (κ1) is 12.5. The number of aromatic nitrogens is 2. The van der Waals surface area contributed by atoms with Crippen molar-refractivity contribution < 1.29 is 9.66 Å². The first-order chi connectivity index (χ1) is 9.66. The fourth-order valence-electron chi connectivity index (χ4n) is 2.30. The lowest BCUT2D eigenvalue weighted by atomic mass is 10.1. The van der Waals surface area contributed by atoms with E-state index in [0.29, 0.717) is 37.5 Å². The molecule has 0 unspecified atom stereocenters. The van der Waals surface area contributed by atoms with Crippen molar-refractivity contribution in [1.29, 1.82) is 0 Å². The zero-order valence-corrected chi connectivity index (χ0v) is 10.5. The highest BCUT2D eigenvalue weighted by atomic mass is 16.6. The van der Waals surface area contributed by atoms with E-state index in [1.165, 1.54) is 12.4 Å². The number of aromatic amines is 1. The smallest absolute Gasteiger partial charge is 0.293 e. The number of benzene rings is 1. The SMILES string of the molecule is O=c1[nH]cnc2cc(N3CCOCC3)c([N+](=O)[O-])cc12. The molecular weight excluding hydrogens is 264 g/mol. The van der Waals surface area contributed by atoms with Gasteiger partial charge in [0.15, 0.2) is 0 Å². The van der Waals surface area contributed by atoms with E-state index >= 15 is 0 Å². The molecule has 1 aromatic carbocycles. The zero-order valence-electron chi connectivity index (χ0n) is 10.5. The van der Waals surface area contributed by atoms with Crippen molar-refractivity contribution in [3.63, 3.8) is 0 Å². The summed E-state index contributed by atoms with van der Waals surface area (Å²) in [5, 5.41) is 11.5. The van der Waals surface area contributed by atoms with Crippen LogP contribution < -0.4 is 10.5 Å². The van der Waals surface area contributed by atoms with Crippen LogP contribution in [0.15, 0.2) is 23.3 Å². The van der Waals surface area contributed by atoms with Crippen LogP contribution in [0.25, 0.3) is 10.9 Å². The van der Waals surface area contributed by atoms with Crippen LogP contribution in [0.4, 0.5) is 11.4 Å². The van der Waals surface area contributed by atoms with Gasteiger partial charge in [-0.15, -0.1) is 0 Å². The Morgan fingerprint density at radius 3 is 2.80 bits per heavy atom. The maximum Gasteiger partial charge on any atom is 0.293 e. The number of fused-ring (bicyclic) bond motifs is 1. The average Bonchev–Trinajstić information content (AvgIpc) is 2.47. The maximum atomic E-state index is 11.7. The number of nitro groups is 1. The Kier molecular flexibility index (Phi) is 3.07. The van der Waals surface area contributed by atoms with Gasteiger partial charge < -0.3 is 14.6 Å². The lowest BCUT2D eigenvalue weighted by Gasteiger charge is -2.28. The van der Waals surface area contributed by atoms with Crippen LogP contribution in [0.3, 0.4) is 0 Å². The number of rotatable bonds is 2. The number of hydrogen-bond acceptors (Lipinski definition) is 6. The number of nitrogens with one attached hydrogen (secondary N) is 1. The number of nitro benzene ring substituents is 1. The summed E-state index contributed by atoms with van der Waals surface area (Å²) in [7, 11) is 0. The molecule has 1 N–H and O–H groups in total. The number of H-pyrrole nitrogens is 1. The van der Waals surface area contributed by atoms with Crippen molar-refractivity contribution in [3.8, 4) is 0 Å². The number of anilines is 1. The molecule has 1 aliphatic rings. The molecule has 8 heteroatoms. The summed E-state index contributed by atoms with van der Waals surface area (Å²) in [5.74, 6) is 0. The lowest BCUT2D eigenvalue weighted by molar-refractivity contribution is -0.384. The highest BCUT2D eigenvalue weighted by molar-refractivity contribution is 5.87. The third kappa shape index (κ3) is 2.10. The van der Waals surface area contributed by atoms with E-state index < -0.39 is 4.92 Å². The summed E-state index contributed by atoms with van der Waals surface area (Å²) < 4.78 is 5.25. The van der Waals surface area contributed by atoms with Crippen LogP contribution in [0.1, 0.15) is 0 Å². The highest BCUT2D eigenvalue weighted by Crippen LogP contribution is 2.31. The lowest BCUT2D eigenvalue weighted by Crippen LogP contribution is -2.36. The third-order valence-corrected chi connectivity index (χ3v) is 3.29. The summed E-state index contributed by atoms with van der Waals surface area (Å²) in [6, 6.07) is 2.87. The van der Waals surface area contributed by atoms with Crippen molar-refractivity contribution in [3.05, 3.63) is 38.9 Å². The van der Waals surface area contributed by atoms with Gasteiger partial charge in [-0.1, -0.05) is 0 Å². The monoisotopic (exact) mass is 276 g/mol. The molecule has 1 fully saturated rings. The van der Waals surface area contributed by atoms with E-state index in [1.807, 2.05) is 4.90 Å². The summed E-state index contributed by atoms with van der Waals surface area (Å²) in [6.45, 7) is 2.21. The summed E-state index contributed by atoms with van der Waals surface area (Å²) in [5.41, 5.74) is 0.453. The zero-order chi connectivity index (χ0) is 14.1. The van der Waals surface area contributed by atoms with Crippen LogP contribution in [-0.4, -0.2) is 41.2 Å². The second-order valence-corrected chi connectivity index (χ2v) is 4.45. The van der Waals surface area contributed by atoms with Gasteiger partial charge in [0, 0.05) is 19.2 Å². The third-order valence-electron chi connectivity index (χ3n) is 3.29. The fourth-order valence-corrected chi connectivity index (χ4v) is 2.30. The van der Waals surface area contributed by atoms with Crippen LogP contribution in [0.5, 0.6) is 0 Å². The van der Waals surface area contributed by atoms with Crippen molar-refractivity contribution >= 4 is 22.3 Å². The number of hydrogen-bond donors (Lipinski definition) is 1. The van der Waals surface area contributed by atoms with Crippen molar-refractivity contribution in [2.24, 2.45) is 0 Å². The van der Waals surface area contributed by atoms with Gasteiger partial charge in [-0.25, -0.2) is 4.98 Å². The Labute approximate surface area is 113 Å². The van der Waals surface area contributed by atoms with Gasteiger partial charge in [0.1, 0.15) is 5.69 Å². The fraction of sp³-hybridized carbons (Fsp3) is 0.333. The first-order valence-corrected chi connectivity index (χ1v) is 6.15. The van der Waals surface area contributed by atoms with Gasteiger partial charge >= 0.3 is 0 Å². The van der Waals surface area contributed by atoms with Crippen molar-refractivity contribution in [2.75, 3.05) is 31.2 Å². The Hall–Kier alpha value is -2.48. The van der Waals surface area contributed by atoms with Gasteiger partial charge in [-0.3, -0.25) is 14.9 Å². The van der Waals surface area contributed by atoms with Crippen LogP contribution in [0, 0.1) is 10.1 Å². The van der Waals surface area contributed by atoms with Gasteiger partial charge in [-0.2, -0.15) is 0 Å². The Morgan fingerprint density at radius 1 is 1.35 bits per heavy atom. The average molecular weight is 276 g/mol. The minimum atomic E-state index is -0.476. The number of morpholine rings is 1. The Morgan fingerprint density at radius 2 is 2.10 bits per heavy atom. The highest BCUT2D eigenvalue weighted by Gasteiger charge is 2.23. The van der Waals surface area contributed by atoms with E-state index in [9.17, 15) is 14.9 Å². The van der Waals surface area contributed by atoms with Gasteiger partial charge in [-0.05, 0) is 6.07 Å². The summed E-state index contributed by atoms with van der Waals surface area (Å²) in [4.78, 5) is 30.8. The topological polar surface area (TPSA) is 101 Å². The Balaban J connectivity index is 2.21. The van der Waals surface area contributed by atoms with Gasteiger partial charge in [0.05, 0.1) is 35.4 Å². The van der Waals surface area contributed by atoms with Gasteiger partial charge in [0.2, 0.25) is 0 Å². The van der Waals surface area contributed by atoms with Crippen molar-refractivity contribution in [1.82, 2.24) is 9.97 Å². The predicted octanol–water partition coefficient (Wildman–Crippen LogP) is 0.668. The molecule has 3 rings (SSSR count). The summed E-state index contributed by atoms with van der Waals surface area (Å²) >= 11 is 0. The van der Waals surface area contributed by atoms with Crippen LogP contribution >= 0.6 is 0 Å². The number of nitrogens with zero attached hydrogens (tertiary/aromatic N) is 3. The molecule has 0 radical (unpaired) electrons. The van der Waals surface area contributed by atoms with Crippen LogP contribution in [-0.2, 0) is 4.74 Å². The minimum Gasteiger partial charge on any atom is -0.378 e. The molecule has 2 aromatic rings. The van der Waals surface area contributed by atoms with E-state index in [1.54, 1.807) is 6.07 Å². The molecule has 1 aliphatic heterocycles. The molecule has 0 amide bonds. The molecular formula is C12H12N4O4. The molecule has 1 saturated heterocycles. The quantitative estimate of drug-likeness (QED) is 0.639. The van der Waals surface area contributed by atoms with E-state index in [2.05, 4.69) is 9.97 Å². The molecule has 0 spiro atoms. The maximum absolute atomic E-state index is 11.7. The summed E-state index contributed by atoms with van der Waals surface area (Å²) in [6.07, 6.45) is 1.29. The molecule has 2 heterocycles.